The average molecular weight is 182 g/mol. The van der Waals surface area contributed by atoms with Crippen LogP contribution >= 0.6 is 0 Å². The van der Waals surface area contributed by atoms with Crippen molar-refractivity contribution in [2.45, 2.75) is 13.8 Å². The molecule has 0 radical (unpaired) electrons. The molecule has 0 atom stereocenters. The molecule has 0 bridgehead atoms. The van der Waals surface area contributed by atoms with Crippen LogP contribution in [0.4, 0.5) is 3.02 Å². The first-order valence-electron chi connectivity index (χ1n) is 1.63. The molecule has 0 aromatic heterocycles. The van der Waals surface area contributed by atoms with E-state index < -0.39 is 20.3 Å². The molecule has 0 aromatic rings. The molecule has 0 saturated carbocycles. The van der Waals surface area contributed by atoms with Crippen LogP contribution < -0.4 is 0 Å². The van der Waals surface area contributed by atoms with Crippen LogP contribution in [0, 0.1) is 0 Å². The van der Waals surface area contributed by atoms with Crippen molar-refractivity contribution in [2.75, 3.05) is 0 Å². The van der Waals surface area contributed by atoms with Crippen molar-refractivity contribution in [2.24, 2.45) is 0 Å². The Morgan fingerprint density at radius 2 is 2.33 bits per heavy atom. The topological polar surface area (TPSA) is 0 Å². The van der Waals surface area contributed by atoms with Gasteiger partial charge in [0.1, 0.15) is 0 Å². The molecular formula is C4H7AgF. The van der Waals surface area contributed by atoms with Crippen LogP contribution in [0.1, 0.15) is 13.8 Å². The van der Waals surface area contributed by atoms with E-state index in [2.05, 4.69) is 0 Å². The first-order valence-corrected chi connectivity index (χ1v) is 2.93. The van der Waals surface area contributed by atoms with Crippen LogP contribution in [-0.2, 0) is 20.3 Å². The van der Waals surface area contributed by atoms with Gasteiger partial charge >= 0.3 is 47.0 Å². The fourth-order valence-corrected chi connectivity index (χ4v) is 0.195. The zero-order chi connectivity index (χ0) is 4.99. The molecule has 0 fully saturated rings. The van der Waals surface area contributed by atoms with Crippen LogP contribution in [0.3, 0.4) is 0 Å². The van der Waals surface area contributed by atoms with Gasteiger partial charge in [-0.3, -0.25) is 0 Å². The van der Waals surface area contributed by atoms with Gasteiger partial charge in [-0.1, -0.05) is 0 Å². The van der Waals surface area contributed by atoms with E-state index in [1.807, 2.05) is 6.92 Å². The molecule has 0 aromatic carbocycles. The molecular weight excluding hydrogens is 175 g/mol. The predicted molar refractivity (Wildman–Crippen MR) is 20.5 cm³/mol. The van der Waals surface area contributed by atoms with Gasteiger partial charge in [0.15, 0.2) is 0 Å². The monoisotopic (exact) mass is 181 g/mol. The Kier molecular flexibility index (Phi) is 3.84. The summed E-state index contributed by atoms with van der Waals surface area (Å²) >= 11 is -0.523. The Morgan fingerprint density at radius 3 is 2.33 bits per heavy atom. The van der Waals surface area contributed by atoms with Gasteiger partial charge in [0.2, 0.25) is 0 Å². The summed E-state index contributed by atoms with van der Waals surface area (Å²) in [5.74, 6) is 0. The van der Waals surface area contributed by atoms with Crippen molar-refractivity contribution in [1.29, 1.82) is 0 Å². The summed E-state index contributed by atoms with van der Waals surface area (Å²) in [6.45, 7) is 3.61. The quantitative estimate of drug-likeness (QED) is 0.543. The molecule has 0 aliphatic carbocycles. The minimum absolute atomic E-state index is 0.523. The van der Waals surface area contributed by atoms with Crippen molar-refractivity contribution in [3.63, 3.8) is 0 Å². The van der Waals surface area contributed by atoms with E-state index in [0.717, 1.165) is 3.79 Å². The van der Waals surface area contributed by atoms with E-state index in [-0.39, 0.29) is 0 Å². The van der Waals surface area contributed by atoms with Crippen LogP contribution in [-0.4, -0.2) is 0 Å². The number of rotatable bonds is 1. The van der Waals surface area contributed by atoms with E-state index in [1.165, 1.54) is 0 Å². The average Bonchev–Trinajstić information content (AvgIpc) is 1.65. The summed E-state index contributed by atoms with van der Waals surface area (Å²) in [4.78, 5) is 0. The van der Waals surface area contributed by atoms with E-state index >= 15 is 0 Å². The van der Waals surface area contributed by atoms with Gasteiger partial charge in [0.25, 0.3) is 0 Å². The molecule has 0 heterocycles. The molecule has 0 rings (SSSR count). The Morgan fingerprint density at radius 1 is 1.83 bits per heavy atom. The van der Waals surface area contributed by atoms with Crippen LogP contribution in [0.2, 0.25) is 0 Å². The summed E-state index contributed by atoms with van der Waals surface area (Å²) in [6.07, 6.45) is 1.78. The van der Waals surface area contributed by atoms with Gasteiger partial charge in [0.05, 0.1) is 0 Å². The molecule has 0 aliphatic rings. The Bertz CT molecular complexity index is 58.6. The first kappa shape index (κ1) is 6.41. The first-order chi connectivity index (χ1) is 2.81. The molecule has 0 N–H and O–H groups in total. The molecule has 0 aliphatic heterocycles. The standard InChI is InChI=1S/C4H7.Ag.FH/c1-3-4-2;;/h3H,1-2H3;;1H/q;+1;/p-1. The minimum atomic E-state index is -0.523. The van der Waals surface area contributed by atoms with E-state index in [9.17, 15) is 3.02 Å². The molecule has 0 unspecified atom stereocenters. The number of allylic oxidation sites excluding steroid dienone is 2. The molecule has 0 saturated heterocycles. The number of hydrogen-bond acceptors (Lipinski definition) is 0. The van der Waals surface area contributed by atoms with Gasteiger partial charge in [0, 0.05) is 0 Å². The van der Waals surface area contributed by atoms with Crippen molar-refractivity contribution >= 4 is 0 Å². The van der Waals surface area contributed by atoms with Crippen LogP contribution in [0.15, 0.2) is 9.87 Å². The van der Waals surface area contributed by atoms with Crippen molar-refractivity contribution in [1.82, 2.24) is 0 Å². The zero-order valence-corrected chi connectivity index (χ0v) is 5.24. The normalized spacial score (nSPS) is 12.8. The second-order valence-corrected chi connectivity index (χ2v) is 2.32. The van der Waals surface area contributed by atoms with E-state index in [0.29, 0.717) is 0 Å². The fraction of sp³-hybridized carbons (Fsp3) is 0.500. The maximum absolute atomic E-state index is 11.3. The fourth-order valence-electron chi connectivity index (χ4n) is 0.0329. The second-order valence-electron chi connectivity index (χ2n) is 0.872. The Labute approximate surface area is 47.5 Å². The van der Waals surface area contributed by atoms with Crippen molar-refractivity contribution in [3.05, 3.63) is 9.87 Å². The summed E-state index contributed by atoms with van der Waals surface area (Å²) in [5.41, 5.74) is 0. The van der Waals surface area contributed by atoms with Crippen molar-refractivity contribution < 1.29 is 23.3 Å². The molecule has 6 heavy (non-hydrogen) atoms. The van der Waals surface area contributed by atoms with E-state index in [4.69, 9.17) is 0 Å². The Hall–Kier alpha value is 0.410. The van der Waals surface area contributed by atoms with Gasteiger partial charge in [-0.05, 0) is 0 Å². The van der Waals surface area contributed by atoms with Crippen molar-refractivity contribution in [3.8, 4) is 0 Å². The number of halogens is 1. The van der Waals surface area contributed by atoms with Gasteiger partial charge < -0.3 is 0 Å². The number of hydrogen-bond donors (Lipinski definition) is 0. The van der Waals surface area contributed by atoms with Gasteiger partial charge in [-0.15, -0.1) is 0 Å². The third-order valence-electron chi connectivity index (χ3n) is 0.466. The Balaban J connectivity index is 3.22. The zero-order valence-electron chi connectivity index (χ0n) is 3.76. The molecule has 0 amide bonds. The third kappa shape index (κ3) is 2.64. The second kappa shape index (κ2) is 3.60. The molecule has 0 spiro atoms. The maximum atomic E-state index is 11.3. The predicted octanol–water partition coefficient (Wildman–Crippen LogP) is 1.88. The summed E-state index contributed by atoms with van der Waals surface area (Å²) in [7, 11) is 0. The van der Waals surface area contributed by atoms with Gasteiger partial charge in [-0.2, -0.15) is 0 Å². The summed E-state index contributed by atoms with van der Waals surface area (Å²) in [6, 6.07) is 0. The SMILES string of the molecule is CC=[C](C)[Ag][F]. The molecule has 2 heteroatoms. The van der Waals surface area contributed by atoms with Crippen LogP contribution in [0.5, 0.6) is 0 Å². The van der Waals surface area contributed by atoms with E-state index in [1.54, 1.807) is 13.0 Å². The summed E-state index contributed by atoms with van der Waals surface area (Å²) in [5, 5.41) is 0. The molecule has 0 nitrogen and oxygen atoms in total. The summed E-state index contributed by atoms with van der Waals surface area (Å²) < 4.78 is 12.2. The van der Waals surface area contributed by atoms with Crippen LogP contribution in [0.25, 0.3) is 0 Å². The van der Waals surface area contributed by atoms with Gasteiger partial charge in [-0.25, -0.2) is 0 Å². The molecule has 41 valence electrons. The third-order valence-corrected chi connectivity index (χ3v) is 1.34.